The number of anilines is 1. The average Bonchev–Trinajstić information content (AvgIpc) is 2.49. The van der Waals surface area contributed by atoms with Gasteiger partial charge >= 0.3 is 51.4 Å². The molecule has 0 aliphatic heterocycles. The van der Waals surface area contributed by atoms with Crippen molar-refractivity contribution in [3.63, 3.8) is 0 Å². The van der Waals surface area contributed by atoms with Crippen LogP contribution in [0.25, 0.3) is 0 Å². The fourth-order valence-corrected chi connectivity index (χ4v) is 2.52. The van der Waals surface area contributed by atoms with Gasteiger partial charge in [0.05, 0.1) is 22.4 Å². The number of thioether (sulfide) groups is 1. The van der Waals surface area contributed by atoms with Crippen LogP contribution in [-0.4, -0.2) is 22.6 Å². The molecule has 0 bridgehead atoms. The minimum Gasteiger partial charge on any atom is -0.545 e. The number of hydrogen-bond donors (Lipinski definition) is 1. The van der Waals surface area contributed by atoms with Gasteiger partial charge in [-0.3, -0.25) is 4.79 Å². The van der Waals surface area contributed by atoms with Gasteiger partial charge in [0.25, 0.3) is 0 Å². The summed E-state index contributed by atoms with van der Waals surface area (Å²) in [7, 11) is 0. The Morgan fingerprint density at radius 2 is 2.09 bits per heavy atom. The van der Waals surface area contributed by atoms with Gasteiger partial charge in [-0.1, -0.05) is 23.4 Å². The molecule has 5 nitrogen and oxygen atoms in total. The second kappa shape index (κ2) is 9.73. The number of carboxylic acid groups (broad SMARTS) is 1. The summed E-state index contributed by atoms with van der Waals surface area (Å²) >= 11 is 6.77. The largest absolute Gasteiger partial charge is 1.00 e. The minimum atomic E-state index is -1.37. The molecule has 2 aromatic rings. The number of carbonyl (C=O) groups is 2. The van der Waals surface area contributed by atoms with Crippen LogP contribution in [-0.2, 0) is 4.79 Å². The maximum atomic E-state index is 13.1. The first-order valence-corrected chi connectivity index (χ1v) is 7.38. The number of pyridine rings is 1. The van der Waals surface area contributed by atoms with Crippen LogP contribution in [0.5, 0.6) is 0 Å². The maximum absolute atomic E-state index is 13.1. The summed E-state index contributed by atoms with van der Waals surface area (Å²) in [6, 6.07) is 6.39. The molecular weight excluding hydrogens is 370 g/mol. The Morgan fingerprint density at radius 3 is 2.78 bits per heavy atom. The second-order valence-corrected chi connectivity index (χ2v) is 5.48. The third-order valence-corrected chi connectivity index (χ3v) is 3.87. The van der Waals surface area contributed by atoms with E-state index in [1.807, 2.05) is 0 Å². The van der Waals surface area contributed by atoms with E-state index in [1.165, 1.54) is 30.5 Å². The van der Waals surface area contributed by atoms with Crippen LogP contribution >= 0.6 is 23.4 Å². The quantitative estimate of drug-likeness (QED) is 0.531. The predicted octanol–water partition coefficient (Wildman–Crippen LogP) is -1.03. The summed E-state index contributed by atoms with van der Waals surface area (Å²) in [6.45, 7) is 0. The van der Waals surface area contributed by atoms with E-state index in [0.717, 1.165) is 17.8 Å². The molecule has 1 N–H and O–H groups in total. The van der Waals surface area contributed by atoms with E-state index >= 15 is 0 Å². The molecule has 0 fully saturated rings. The third-order valence-electron chi connectivity index (χ3n) is 2.53. The van der Waals surface area contributed by atoms with Crippen LogP contribution in [0.3, 0.4) is 0 Å². The number of hydrogen-bond acceptors (Lipinski definition) is 5. The molecular formula is C14H9ClFKN2O3S. The summed E-state index contributed by atoms with van der Waals surface area (Å²) < 4.78 is 13.1. The zero-order valence-electron chi connectivity index (χ0n) is 12.0. The molecule has 0 saturated carbocycles. The Morgan fingerprint density at radius 1 is 1.35 bits per heavy atom. The topological polar surface area (TPSA) is 82.1 Å². The first-order valence-electron chi connectivity index (χ1n) is 6.01. The van der Waals surface area contributed by atoms with Crippen molar-refractivity contribution in [2.24, 2.45) is 0 Å². The van der Waals surface area contributed by atoms with Crippen molar-refractivity contribution >= 4 is 40.9 Å². The van der Waals surface area contributed by atoms with Crippen molar-refractivity contribution < 1.29 is 70.5 Å². The van der Waals surface area contributed by atoms with E-state index < -0.39 is 17.7 Å². The summed E-state index contributed by atoms with van der Waals surface area (Å²) in [5, 5.41) is 13.7. The molecule has 23 heavy (non-hydrogen) atoms. The molecule has 2 rings (SSSR count). The average molecular weight is 379 g/mol. The molecule has 0 unspecified atom stereocenters. The Kier molecular flexibility index (Phi) is 8.69. The molecule has 114 valence electrons. The summed E-state index contributed by atoms with van der Waals surface area (Å²) in [6.07, 6.45) is 1.41. The van der Waals surface area contributed by atoms with E-state index in [9.17, 15) is 19.1 Å². The Balaban J connectivity index is 0.00000264. The number of halogens is 2. The summed E-state index contributed by atoms with van der Waals surface area (Å²) in [4.78, 5) is 26.6. The maximum Gasteiger partial charge on any atom is 1.00 e. The number of rotatable bonds is 5. The van der Waals surface area contributed by atoms with Crippen molar-refractivity contribution in [1.82, 2.24) is 4.98 Å². The van der Waals surface area contributed by atoms with Crippen LogP contribution in [0.2, 0.25) is 5.02 Å². The van der Waals surface area contributed by atoms with Gasteiger partial charge in [0.2, 0.25) is 5.91 Å². The molecule has 0 aliphatic carbocycles. The normalized spacial score (nSPS) is 9.83. The number of amides is 1. The standard InChI is InChI=1S/C14H10ClFN2O3S.K/c15-10-4-3-8(16)6-11(10)18-12(19)7-22-13-9(14(20)21)2-1-5-17-13;/h1-6H,7H2,(H,18,19)(H,20,21);/q;+1/p-1. The van der Waals surface area contributed by atoms with Gasteiger partial charge in [-0.15, -0.1) is 0 Å². The van der Waals surface area contributed by atoms with Gasteiger partial charge in [0, 0.05) is 11.8 Å². The van der Waals surface area contributed by atoms with Gasteiger partial charge in [0.15, 0.2) is 0 Å². The zero-order chi connectivity index (χ0) is 16.1. The number of benzene rings is 1. The number of carboxylic acids is 1. The Bertz CT molecular complexity index is 733. The molecule has 0 aliphatic rings. The number of nitrogens with zero attached hydrogens (tertiary/aromatic N) is 1. The molecule has 0 atom stereocenters. The third kappa shape index (κ3) is 6.15. The Hall–Kier alpha value is -0.484. The van der Waals surface area contributed by atoms with Crippen molar-refractivity contribution in [1.29, 1.82) is 0 Å². The van der Waals surface area contributed by atoms with E-state index in [4.69, 9.17) is 11.6 Å². The molecule has 1 aromatic heterocycles. The van der Waals surface area contributed by atoms with E-state index in [2.05, 4.69) is 10.3 Å². The number of nitrogens with one attached hydrogen (secondary N) is 1. The fraction of sp³-hybridized carbons (Fsp3) is 0.0714. The van der Waals surface area contributed by atoms with Crippen LogP contribution in [0.1, 0.15) is 10.4 Å². The van der Waals surface area contributed by atoms with Crippen LogP contribution < -0.4 is 61.8 Å². The second-order valence-electron chi connectivity index (χ2n) is 4.10. The number of carbonyl (C=O) groups excluding carboxylic acids is 2. The molecule has 0 radical (unpaired) electrons. The van der Waals surface area contributed by atoms with Gasteiger partial charge < -0.3 is 15.2 Å². The van der Waals surface area contributed by atoms with E-state index in [0.29, 0.717) is 0 Å². The predicted molar refractivity (Wildman–Crippen MR) is 79.3 cm³/mol. The van der Waals surface area contributed by atoms with Gasteiger partial charge in [-0.25, -0.2) is 9.37 Å². The Labute approximate surface area is 183 Å². The monoisotopic (exact) mass is 378 g/mol. The molecule has 1 heterocycles. The number of aromatic carboxylic acids is 1. The van der Waals surface area contributed by atoms with Crippen molar-refractivity contribution in [2.45, 2.75) is 5.03 Å². The van der Waals surface area contributed by atoms with E-state index in [1.54, 1.807) is 0 Å². The van der Waals surface area contributed by atoms with Crippen molar-refractivity contribution in [2.75, 3.05) is 11.1 Å². The van der Waals surface area contributed by atoms with Gasteiger partial charge in [-0.05, 0) is 30.3 Å². The molecule has 0 spiro atoms. The zero-order valence-corrected chi connectivity index (χ0v) is 16.7. The summed E-state index contributed by atoms with van der Waals surface area (Å²) in [5.74, 6) is -2.47. The number of aromatic nitrogens is 1. The minimum absolute atomic E-state index is 0. The first kappa shape index (κ1) is 20.6. The first-order chi connectivity index (χ1) is 10.5. The molecule has 9 heteroatoms. The van der Waals surface area contributed by atoms with Gasteiger partial charge in [-0.2, -0.15) is 0 Å². The van der Waals surface area contributed by atoms with Gasteiger partial charge in [0.1, 0.15) is 10.8 Å². The molecule has 1 amide bonds. The molecule has 0 saturated heterocycles. The van der Waals surface area contributed by atoms with Crippen LogP contribution in [0.4, 0.5) is 10.1 Å². The fourth-order valence-electron chi connectivity index (χ4n) is 1.57. The summed E-state index contributed by atoms with van der Waals surface area (Å²) in [5.41, 5.74) is 0.0532. The molecule has 1 aromatic carbocycles. The van der Waals surface area contributed by atoms with Crippen LogP contribution in [0.15, 0.2) is 41.6 Å². The van der Waals surface area contributed by atoms with E-state index in [-0.39, 0.29) is 78.4 Å². The van der Waals surface area contributed by atoms with Crippen LogP contribution in [0, 0.1) is 5.82 Å². The SMILES string of the molecule is O=C(CSc1ncccc1C(=O)[O-])Nc1cc(F)ccc1Cl.[K+]. The van der Waals surface area contributed by atoms with Crippen molar-refractivity contribution in [3.05, 3.63) is 52.9 Å². The van der Waals surface area contributed by atoms with Crippen molar-refractivity contribution in [3.8, 4) is 0 Å². The smallest absolute Gasteiger partial charge is 0.545 e.